The number of hydrogen-bond donors (Lipinski definition) is 2. The molecule has 3 heterocycles. The van der Waals surface area contributed by atoms with Crippen LogP contribution in [-0.2, 0) is 9.59 Å². The highest BCUT2D eigenvalue weighted by Gasteiger charge is 2.28. The Kier molecular flexibility index (Phi) is 6.42. The lowest BCUT2D eigenvalue weighted by Crippen LogP contribution is -2.43. The third kappa shape index (κ3) is 4.79. The van der Waals surface area contributed by atoms with E-state index < -0.39 is 0 Å². The van der Waals surface area contributed by atoms with Crippen molar-refractivity contribution in [1.29, 1.82) is 0 Å². The highest BCUT2D eigenvalue weighted by Crippen LogP contribution is 2.32. The van der Waals surface area contributed by atoms with Gasteiger partial charge in [0.25, 0.3) is 0 Å². The predicted molar refractivity (Wildman–Crippen MR) is 99.8 cm³/mol. The van der Waals surface area contributed by atoms with Gasteiger partial charge in [0, 0.05) is 30.6 Å². The van der Waals surface area contributed by atoms with E-state index in [1.807, 2.05) is 18.0 Å². The first kappa shape index (κ1) is 18.3. The number of likely N-dealkylation sites (tertiary alicyclic amines) is 1. The molecule has 2 N–H and O–H groups in total. The van der Waals surface area contributed by atoms with Crippen LogP contribution in [0, 0.1) is 5.92 Å². The summed E-state index contributed by atoms with van der Waals surface area (Å²) in [5.74, 6) is 0.602. The van der Waals surface area contributed by atoms with Crippen LogP contribution in [0.3, 0.4) is 0 Å². The van der Waals surface area contributed by atoms with E-state index >= 15 is 0 Å². The zero-order valence-electron chi connectivity index (χ0n) is 14.9. The van der Waals surface area contributed by atoms with Crippen LogP contribution in [0.4, 0.5) is 5.13 Å². The topological polar surface area (TPSA) is 74.3 Å². The van der Waals surface area contributed by atoms with Gasteiger partial charge in [-0.2, -0.15) is 0 Å². The van der Waals surface area contributed by atoms with E-state index in [9.17, 15) is 9.59 Å². The van der Waals surface area contributed by atoms with Crippen LogP contribution in [0.15, 0.2) is 6.20 Å². The van der Waals surface area contributed by atoms with Gasteiger partial charge in [0.15, 0.2) is 5.13 Å². The summed E-state index contributed by atoms with van der Waals surface area (Å²) >= 11 is 1.60. The van der Waals surface area contributed by atoms with Crippen LogP contribution in [0.1, 0.15) is 56.2 Å². The number of nitrogens with zero attached hydrogens (tertiary/aromatic N) is 2. The molecule has 2 amide bonds. The average molecular weight is 365 g/mol. The number of nitrogens with one attached hydrogen (secondary N) is 2. The highest BCUT2D eigenvalue weighted by molar-refractivity contribution is 7.15. The maximum Gasteiger partial charge on any atom is 0.231 e. The molecule has 1 aromatic heterocycles. The largest absolute Gasteiger partial charge is 0.342 e. The molecule has 138 valence electrons. The number of piperidine rings is 2. The number of amides is 2. The van der Waals surface area contributed by atoms with Gasteiger partial charge in [0.1, 0.15) is 0 Å². The summed E-state index contributed by atoms with van der Waals surface area (Å²) in [4.78, 5) is 32.2. The summed E-state index contributed by atoms with van der Waals surface area (Å²) in [6.45, 7) is 5.42. The van der Waals surface area contributed by atoms with Crippen LogP contribution in [0.25, 0.3) is 0 Å². The second-order valence-corrected chi connectivity index (χ2v) is 8.07. The third-order valence-electron chi connectivity index (χ3n) is 5.10. The first-order chi connectivity index (χ1) is 12.2. The lowest BCUT2D eigenvalue weighted by Gasteiger charge is -2.31. The van der Waals surface area contributed by atoms with Crippen molar-refractivity contribution in [2.45, 2.75) is 51.4 Å². The van der Waals surface area contributed by atoms with E-state index in [-0.39, 0.29) is 17.7 Å². The van der Waals surface area contributed by atoms with Gasteiger partial charge in [0.05, 0.1) is 5.92 Å². The molecule has 1 unspecified atom stereocenters. The van der Waals surface area contributed by atoms with Gasteiger partial charge in [-0.3, -0.25) is 9.59 Å². The van der Waals surface area contributed by atoms with Crippen molar-refractivity contribution >= 4 is 28.3 Å². The average Bonchev–Trinajstić information content (AvgIpc) is 3.11. The summed E-state index contributed by atoms with van der Waals surface area (Å²) in [7, 11) is 0. The summed E-state index contributed by atoms with van der Waals surface area (Å²) < 4.78 is 0. The molecule has 2 aliphatic heterocycles. The first-order valence-corrected chi connectivity index (χ1v) is 10.2. The molecule has 0 aliphatic carbocycles. The molecule has 2 aliphatic rings. The number of aromatic nitrogens is 1. The van der Waals surface area contributed by atoms with Crippen LogP contribution in [0.5, 0.6) is 0 Å². The third-order valence-corrected chi connectivity index (χ3v) is 6.18. The van der Waals surface area contributed by atoms with Crippen LogP contribution < -0.4 is 10.6 Å². The highest BCUT2D eigenvalue weighted by atomic mass is 32.1. The molecular weight excluding hydrogens is 336 g/mol. The van der Waals surface area contributed by atoms with Gasteiger partial charge in [0.2, 0.25) is 11.8 Å². The number of thiazole rings is 1. The van der Waals surface area contributed by atoms with Gasteiger partial charge in [-0.15, -0.1) is 11.3 Å². The van der Waals surface area contributed by atoms with Crippen LogP contribution in [-0.4, -0.2) is 47.9 Å². The Hall–Kier alpha value is -1.47. The molecule has 6 nitrogen and oxygen atoms in total. The van der Waals surface area contributed by atoms with E-state index in [0.717, 1.165) is 51.7 Å². The molecule has 1 atom stereocenters. The lowest BCUT2D eigenvalue weighted by molar-refractivity contribution is -0.134. The Morgan fingerprint density at radius 3 is 2.92 bits per heavy atom. The van der Waals surface area contributed by atoms with Gasteiger partial charge >= 0.3 is 0 Å². The molecule has 0 spiro atoms. The van der Waals surface area contributed by atoms with E-state index in [0.29, 0.717) is 24.0 Å². The van der Waals surface area contributed by atoms with E-state index in [2.05, 4.69) is 15.6 Å². The van der Waals surface area contributed by atoms with Gasteiger partial charge in [-0.05, 0) is 51.1 Å². The molecule has 7 heteroatoms. The summed E-state index contributed by atoms with van der Waals surface area (Å²) in [5.41, 5.74) is 0. The number of carbonyl (C=O) groups is 2. The van der Waals surface area contributed by atoms with Crippen molar-refractivity contribution in [3.63, 3.8) is 0 Å². The molecule has 0 saturated carbocycles. The zero-order chi connectivity index (χ0) is 17.6. The molecule has 3 rings (SSSR count). The van der Waals surface area contributed by atoms with Crippen molar-refractivity contribution in [3.05, 3.63) is 11.1 Å². The standard InChI is InChI=1S/C18H28N4O2S/c1-2-4-16(23)22-10-3-5-14(12-22)17(24)21-18-20-11-15(25-18)13-6-8-19-9-7-13/h11,13-14,19H,2-10,12H2,1H3,(H,20,21,24). The van der Waals surface area contributed by atoms with Gasteiger partial charge in [-0.25, -0.2) is 4.98 Å². The summed E-state index contributed by atoms with van der Waals surface area (Å²) in [6.07, 6.45) is 7.33. The predicted octanol–water partition coefficient (Wildman–Crippen LogP) is 2.59. The van der Waals surface area contributed by atoms with Crippen molar-refractivity contribution in [3.8, 4) is 0 Å². The Morgan fingerprint density at radius 2 is 2.16 bits per heavy atom. The maximum atomic E-state index is 12.6. The quantitative estimate of drug-likeness (QED) is 0.842. The number of anilines is 1. The van der Waals surface area contributed by atoms with E-state index in [4.69, 9.17) is 0 Å². The lowest BCUT2D eigenvalue weighted by atomic mass is 9.97. The molecule has 2 saturated heterocycles. The SMILES string of the molecule is CCCC(=O)N1CCCC(C(=O)Nc2ncc(C3CCNCC3)s2)C1. The smallest absolute Gasteiger partial charge is 0.231 e. The Bertz CT molecular complexity index is 598. The molecule has 25 heavy (non-hydrogen) atoms. The minimum atomic E-state index is -0.124. The molecule has 1 aromatic rings. The fourth-order valence-corrected chi connectivity index (χ4v) is 4.62. The first-order valence-electron chi connectivity index (χ1n) is 9.42. The minimum Gasteiger partial charge on any atom is -0.342 e. The molecule has 0 radical (unpaired) electrons. The molecule has 0 aromatic carbocycles. The van der Waals surface area contributed by atoms with Crippen molar-refractivity contribution < 1.29 is 9.59 Å². The number of carbonyl (C=O) groups excluding carboxylic acids is 2. The molecule has 2 fully saturated rings. The van der Waals surface area contributed by atoms with E-state index in [1.165, 1.54) is 4.88 Å². The fourth-order valence-electron chi connectivity index (χ4n) is 3.64. The minimum absolute atomic E-state index is 0.000194. The van der Waals surface area contributed by atoms with Crippen molar-refractivity contribution in [2.24, 2.45) is 5.92 Å². The zero-order valence-corrected chi connectivity index (χ0v) is 15.7. The molecular formula is C18H28N4O2S. The van der Waals surface area contributed by atoms with E-state index in [1.54, 1.807) is 11.3 Å². The van der Waals surface area contributed by atoms with Gasteiger partial charge < -0.3 is 15.5 Å². The summed E-state index contributed by atoms with van der Waals surface area (Å²) in [6, 6.07) is 0. The second-order valence-electron chi connectivity index (χ2n) is 7.01. The maximum absolute atomic E-state index is 12.6. The monoisotopic (exact) mass is 364 g/mol. The number of rotatable bonds is 5. The summed E-state index contributed by atoms with van der Waals surface area (Å²) in [5, 5.41) is 7.04. The second kappa shape index (κ2) is 8.76. The fraction of sp³-hybridized carbons (Fsp3) is 0.722. The number of hydrogen-bond acceptors (Lipinski definition) is 5. The van der Waals surface area contributed by atoms with Gasteiger partial charge in [-0.1, -0.05) is 6.92 Å². The Morgan fingerprint density at radius 1 is 1.36 bits per heavy atom. The van der Waals surface area contributed by atoms with Crippen LogP contribution >= 0.6 is 11.3 Å². The Balaban J connectivity index is 1.54. The van der Waals surface area contributed by atoms with Crippen molar-refractivity contribution in [1.82, 2.24) is 15.2 Å². The van der Waals surface area contributed by atoms with Crippen LogP contribution in [0.2, 0.25) is 0 Å². The van der Waals surface area contributed by atoms with Crippen molar-refractivity contribution in [2.75, 3.05) is 31.5 Å². The molecule has 0 bridgehead atoms. The Labute approximate surface area is 153 Å². The normalized spacial score (nSPS) is 22.0.